The van der Waals surface area contributed by atoms with Gasteiger partial charge in [0.1, 0.15) is 0 Å². The van der Waals surface area contributed by atoms with E-state index in [2.05, 4.69) is 46.8 Å². The summed E-state index contributed by atoms with van der Waals surface area (Å²) in [6.45, 7) is 0. The van der Waals surface area contributed by atoms with E-state index < -0.39 is 0 Å². The molecule has 0 bridgehead atoms. The zero-order chi connectivity index (χ0) is 9.38. The number of aromatic amines is 1. The Morgan fingerprint density at radius 2 is 1.86 bits per heavy atom. The van der Waals surface area contributed by atoms with E-state index in [9.17, 15) is 0 Å². The highest BCUT2D eigenvalue weighted by molar-refractivity contribution is 7.17. The third-order valence-corrected chi connectivity index (χ3v) is 3.19. The van der Waals surface area contributed by atoms with Crippen LogP contribution in [0.4, 0.5) is 0 Å². The largest absolute Gasteiger partial charge is 0.354 e. The van der Waals surface area contributed by atoms with Gasteiger partial charge in [0.05, 0.1) is 10.2 Å². The van der Waals surface area contributed by atoms with Crippen LogP contribution >= 0.6 is 11.3 Å². The molecule has 0 spiro atoms. The minimum absolute atomic E-state index is 1.20. The zero-order valence-corrected chi connectivity index (χ0v) is 8.34. The van der Waals surface area contributed by atoms with E-state index >= 15 is 0 Å². The number of aromatic nitrogens is 1. The van der Waals surface area contributed by atoms with Crippen LogP contribution in [0.25, 0.3) is 21.5 Å². The average molecular weight is 199 g/mol. The fraction of sp³-hybridized carbons (Fsp3) is 0. The molecule has 0 saturated heterocycles. The van der Waals surface area contributed by atoms with Gasteiger partial charge in [0.15, 0.2) is 0 Å². The summed E-state index contributed by atoms with van der Waals surface area (Å²) in [5.74, 6) is 0. The number of hydrogen-bond acceptors (Lipinski definition) is 1. The van der Waals surface area contributed by atoms with Crippen LogP contribution in [0.2, 0.25) is 0 Å². The minimum Gasteiger partial charge on any atom is -0.354 e. The second-order valence-electron chi connectivity index (χ2n) is 3.25. The van der Waals surface area contributed by atoms with Gasteiger partial charge in [-0.1, -0.05) is 30.3 Å². The van der Waals surface area contributed by atoms with E-state index in [1.54, 1.807) is 11.3 Å². The average Bonchev–Trinajstić information content (AvgIpc) is 2.78. The summed E-state index contributed by atoms with van der Waals surface area (Å²) in [6.07, 6.45) is 0. The third-order valence-electron chi connectivity index (χ3n) is 2.32. The van der Waals surface area contributed by atoms with Crippen LogP contribution in [0.15, 0.2) is 47.8 Å². The van der Waals surface area contributed by atoms with Gasteiger partial charge in [0.25, 0.3) is 0 Å². The first-order chi connectivity index (χ1) is 6.93. The Kier molecular flexibility index (Phi) is 1.67. The Labute approximate surface area is 86.0 Å². The van der Waals surface area contributed by atoms with Crippen molar-refractivity contribution in [3.8, 4) is 11.3 Å². The Morgan fingerprint density at radius 3 is 2.64 bits per heavy atom. The summed E-state index contributed by atoms with van der Waals surface area (Å²) >= 11 is 1.77. The lowest BCUT2D eigenvalue weighted by atomic mass is 10.2. The van der Waals surface area contributed by atoms with Crippen LogP contribution in [-0.2, 0) is 0 Å². The Hall–Kier alpha value is -1.54. The SMILES string of the molecule is c1ccc(-c2cc3sccc3[nH]2)cc1. The van der Waals surface area contributed by atoms with Crippen molar-refractivity contribution in [1.29, 1.82) is 0 Å². The standard InChI is InChI=1S/C12H9NS/c1-2-4-9(5-3-1)11-8-12-10(13-11)6-7-14-12/h1-8,13H. The van der Waals surface area contributed by atoms with Crippen molar-refractivity contribution in [3.63, 3.8) is 0 Å². The number of benzene rings is 1. The monoisotopic (exact) mass is 199 g/mol. The maximum Gasteiger partial charge on any atom is 0.0568 e. The Bertz CT molecular complexity index is 519. The van der Waals surface area contributed by atoms with E-state index in [0.29, 0.717) is 0 Å². The molecule has 68 valence electrons. The zero-order valence-electron chi connectivity index (χ0n) is 7.53. The van der Waals surface area contributed by atoms with Crippen molar-refractivity contribution in [3.05, 3.63) is 47.8 Å². The fourth-order valence-corrected chi connectivity index (χ4v) is 2.40. The number of rotatable bonds is 1. The van der Waals surface area contributed by atoms with Crippen molar-refractivity contribution in [1.82, 2.24) is 4.98 Å². The summed E-state index contributed by atoms with van der Waals surface area (Å²) in [5, 5.41) is 2.11. The minimum atomic E-state index is 1.20. The Balaban J connectivity index is 2.19. The molecule has 0 atom stereocenters. The maximum absolute atomic E-state index is 3.40. The molecule has 2 heteroatoms. The summed E-state index contributed by atoms with van der Waals surface area (Å²) in [7, 11) is 0. The van der Waals surface area contributed by atoms with E-state index in [-0.39, 0.29) is 0 Å². The molecule has 0 unspecified atom stereocenters. The third kappa shape index (κ3) is 1.16. The topological polar surface area (TPSA) is 15.8 Å². The van der Waals surface area contributed by atoms with E-state index in [4.69, 9.17) is 0 Å². The normalized spacial score (nSPS) is 10.9. The number of fused-ring (bicyclic) bond motifs is 1. The van der Waals surface area contributed by atoms with Crippen LogP contribution < -0.4 is 0 Å². The first-order valence-electron chi connectivity index (χ1n) is 4.55. The van der Waals surface area contributed by atoms with Gasteiger partial charge in [-0.25, -0.2) is 0 Å². The van der Waals surface area contributed by atoms with Crippen molar-refractivity contribution in [2.75, 3.05) is 0 Å². The molecule has 3 aromatic rings. The van der Waals surface area contributed by atoms with Crippen LogP contribution in [0, 0.1) is 0 Å². The molecular formula is C12H9NS. The molecule has 0 aliphatic heterocycles. The molecule has 0 amide bonds. The van der Waals surface area contributed by atoms with Gasteiger partial charge in [-0.2, -0.15) is 0 Å². The van der Waals surface area contributed by atoms with Gasteiger partial charge in [-0.15, -0.1) is 11.3 Å². The predicted octanol–water partition coefficient (Wildman–Crippen LogP) is 3.90. The van der Waals surface area contributed by atoms with E-state index in [1.165, 1.54) is 21.5 Å². The summed E-state index contributed by atoms with van der Waals surface area (Å²) in [5.41, 5.74) is 3.68. The van der Waals surface area contributed by atoms with Gasteiger partial charge < -0.3 is 4.98 Å². The number of H-pyrrole nitrogens is 1. The molecule has 0 fully saturated rings. The lowest BCUT2D eigenvalue weighted by Gasteiger charge is -1.94. The van der Waals surface area contributed by atoms with Gasteiger partial charge in [-0.05, 0) is 23.1 Å². The summed E-state index contributed by atoms with van der Waals surface area (Å²) < 4.78 is 1.32. The van der Waals surface area contributed by atoms with Crippen molar-refractivity contribution in [2.24, 2.45) is 0 Å². The van der Waals surface area contributed by atoms with Gasteiger partial charge >= 0.3 is 0 Å². The van der Waals surface area contributed by atoms with E-state index in [1.807, 2.05) is 6.07 Å². The molecule has 0 aliphatic carbocycles. The lowest BCUT2D eigenvalue weighted by Crippen LogP contribution is -1.74. The first-order valence-corrected chi connectivity index (χ1v) is 5.43. The predicted molar refractivity (Wildman–Crippen MR) is 61.6 cm³/mol. The Morgan fingerprint density at radius 1 is 1.00 bits per heavy atom. The molecule has 3 rings (SSSR count). The second-order valence-corrected chi connectivity index (χ2v) is 4.20. The van der Waals surface area contributed by atoms with Crippen LogP contribution in [-0.4, -0.2) is 4.98 Å². The first kappa shape index (κ1) is 7.83. The van der Waals surface area contributed by atoms with Crippen LogP contribution in [0.5, 0.6) is 0 Å². The van der Waals surface area contributed by atoms with Crippen LogP contribution in [0.1, 0.15) is 0 Å². The second kappa shape index (κ2) is 3.00. The molecule has 1 N–H and O–H groups in total. The van der Waals surface area contributed by atoms with Crippen molar-refractivity contribution in [2.45, 2.75) is 0 Å². The lowest BCUT2D eigenvalue weighted by molar-refractivity contribution is 1.46. The molecule has 2 aromatic heterocycles. The maximum atomic E-state index is 3.40. The molecule has 2 heterocycles. The summed E-state index contributed by atoms with van der Waals surface area (Å²) in [4.78, 5) is 3.40. The summed E-state index contributed by atoms with van der Waals surface area (Å²) in [6, 6.07) is 14.7. The van der Waals surface area contributed by atoms with Gasteiger partial charge in [0, 0.05) is 5.69 Å². The quantitative estimate of drug-likeness (QED) is 0.612. The highest BCUT2D eigenvalue weighted by Gasteiger charge is 2.02. The number of thiophene rings is 1. The van der Waals surface area contributed by atoms with Gasteiger partial charge in [-0.3, -0.25) is 0 Å². The van der Waals surface area contributed by atoms with Crippen LogP contribution in [0.3, 0.4) is 0 Å². The fourth-order valence-electron chi connectivity index (χ4n) is 1.62. The molecule has 0 aliphatic rings. The molecule has 1 aromatic carbocycles. The molecular weight excluding hydrogens is 190 g/mol. The van der Waals surface area contributed by atoms with E-state index in [0.717, 1.165) is 0 Å². The van der Waals surface area contributed by atoms with Gasteiger partial charge in [0.2, 0.25) is 0 Å². The smallest absolute Gasteiger partial charge is 0.0568 e. The highest BCUT2D eigenvalue weighted by atomic mass is 32.1. The molecule has 14 heavy (non-hydrogen) atoms. The molecule has 0 radical (unpaired) electrons. The molecule has 0 saturated carbocycles. The number of nitrogens with one attached hydrogen (secondary N) is 1. The van der Waals surface area contributed by atoms with Crippen molar-refractivity contribution >= 4 is 21.6 Å². The highest BCUT2D eigenvalue weighted by Crippen LogP contribution is 2.27. The molecule has 1 nitrogen and oxygen atoms in total. The number of hydrogen-bond donors (Lipinski definition) is 1. The van der Waals surface area contributed by atoms with Crippen molar-refractivity contribution < 1.29 is 0 Å².